The molecule has 88 valence electrons. The Labute approximate surface area is 104 Å². The Kier molecular flexibility index (Phi) is 3.15. The maximum atomic E-state index is 7.14. The number of ether oxygens (including phenoxy) is 1. The summed E-state index contributed by atoms with van der Waals surface area (Å²) in [5.41, 5.74) is 6.83. The van der Waals surface area contributed by atoms with E-state index < -0.39 is 0 Å². The highest BCUT2D eigenvalue weighted by molar-refractivity contribution is 6.35. The summed E-state index contributed by atoms with van der Waals surface area (Å²) in [6, 6.07) is 7.28. The summed E-state index contributed by atoms with van der Waals surface area (Å²) in [5, 5.41) is 8.60. The van der Waals surface area contributed by atoms with Crippen LogP contribution in [0.2, 0.25) is 5.02 Å². The molecular formula is C12H12ClN3O. The minimum absolute atomic E-state index is 0.0271. The van der Waals surface area contributed by atoms with E-state index in [9.17, 15) is 0 Å². The number of nitrogens with two attached hydrogens (primary N) is 1. The minimum atomic E-state index is -0.0271. The molecule has 1 aromatic heterocycles. The Balaban J connectivity index is 2.52. The first-order chi connectivity index (χ1) is 8.08. The molecule has 0 saturated heterocycles. The molecule has 0 unspecified atom stereocenters. The first-order valence-corrected chi connectivity index (χ1v) is 5.47. The average Bonchev–Trinajstić information content (AvgIpc) is 2.28. The van der Waals surface area contributed by atoms with E-state index in [1.54, 1.807) is 12.1 Å². The molecule has 17 heavy (non-hydrogen) atoms. The molecule has 5 heteroatoms. The fourth-order valence-corrected chi connectivity index (χ4v) is 1.74. The number of rotatable bonds is 3. The topological polar surface area (TPSA) is 72.0 Å². The predicted octanol–water partition coefficient (Wildman–Crippen LogP) is 2.51. The van der Waals surface area contributed by atoms with Crippen LogP contribution < -0.4 is 10.5 Å². The SMILES string of the molecule is Cc1ccc2c(Cl)ccc(OCC(=N)N)c2n1. The molecule has 4 nitrogen and oxygen atoms in total. The normalized spacial score (nSPS) is 10.5. The Bertz CT molecular complexity index is 583. The molecule has 0 fully saturated rings. The molecule has 0 aliphatic rings. The molecule has 0 aliphatic carbocycles. The third-order valence-electron chi connectivity index (χ3n) is 2.29. The second kappa shape index (κ2) is 4.59. The van der Waals surface area contributed by atoms with Gasteiger partial charge in [-0.25, -0.2) is 4.98 Å². The number of amidine groups is 1. The summed E-state index contributed by atoms with van der Waals surface area (Å²) in [4.78, 5) is 4.39. The Morgan fingerprint density at radius 3 is 2.88 bits per heavy atom. The van der Waals surface area contributed by atoms with E-state index in [0.717, 1.165) is 11.1 Å². The number of hydrogen-bond acceptors (Lipinski definition) is 3. The van der Waals surface area contributed by atoms with Gasteiger partial charge in [0.15, 0.2) is 0 Å². The number of benzene rings is 1. The van der Waals surface area contributed by atoms with Gasteiger partial charge < -0.3 is 10.5 Å². The molecule has 2 rings (SSSR count). The lowest BCUT2D eigenvalue weighted by atomic mass is 10.2. The van der Waals surface area contributed by atoms with Crippen LogP contribution in [-0.4, -0.2) is 17.4 Å². The molecular weight excluding hydrogens is 238 g/mol. The number of aryl methyl sites for hydroxylation is 1. The van der Waals surface area contributed by atoms with Crippen molar-refractivity contribution < 1.29 is 4.74 Å². The standard InChI is InChI=1S/C12H12ClN3O/c1-7-2-3-8-9(13)4-5-10(12(8)16-7)17-6-11(14)15/h2-5H,6H2,1H3,(H3,14,15). The van der Waals surface area contributed by atoms with Crippen LogP contribution in [0.5, 0.6) is 5.75 Å². The molecule has 1 heterocycles. The molecule has 3 N–H and O–H groups in total. The third-order valence-corrected chi connectivity index (χ3v) is 2.62. The van der Waals surface area contributed by atoms with Crippen LogP contribution in [0.15, 0.2) is 24.3 Å². The lowest BCUT2D eigenvalue weighted by Gasteiger charge is -2.09. The van der Waals surface area contributed by atoms with E-state index in [-0.39, 0.29) is 12.4 Å². The van der Waals surface area contributed by atoms with Crippen LogP contribution in [0.1, 0.15) is 5.69 Å². The third kappa shape index (κ3) is 2.47. The van der Waals surface area contributed by atoms with Crippen LogP contribution in [-0.2, 0) is 0 Å². The summed E-state index contributed by atoms with van der Waals surface area (Å²) in [6.45, 7) is 1.95. The maximum absolute atomic E-state index is 7.14. The highest BCUT2D eigenvalue weighted by Crippen LogP contribution is 2.30. The van der Waals surface area contributed by atoms with Crippen LogP contribution >= 0.6 is 11.6 Å². The van der Waals surface area contributed by atoms with Gasteiger partial charge in [0.05, 0.1) is 5.02 Å². The Hall–Kier alpha value is -1.81. The van der Waals surface area contributed by atoms with Crippen molar-refractivity contribution in [3.63, 3.8) is 0 Å². The van der Waals surface area contributed by atoms with Gasteiger partial charge in [-0.05, 0) is 31.2 Å². The van der Waals surface area contributed by atoms with Gasteiger partial charge in [0.2, 0.25) is 0 Å². The van der Waals surface area contributed by atoms with Crippen molar-refractivity contribution in [2.75, 3.05) is 6.61 Å². The fourth-order valence-electron chi connectivity index (χ4n) is 1.53. The van der Waals surface area contributed by atoms with E-state index in [2.05, 4.69) is 4.98 Å². The summed E-state index contributed by atoms with van der Waals surface area (Å²) < 4.78 is 5.42. The molecule has 2 aromatic rings. The number of nitrogens with one attached hydrogen (secondary N) is 1. The van der Waals surface area contributed by atoms with Gasteiger partial charge >= 0.3 is 0 Å². The highest BCUT2D eigenvalue weighted by Gasteiger charge is 2.07. The lowest BCUT2D eigenvalue weighted by Crippen LogP contribution is -2.19. The second-order valence-corrected chi connectivity index (χ2v) is 4.12. The molecule has 0 amide bonds. The van der Waals surface area contributed by atoms with E-state index in [1.165, 1.54) is 0 Å². The zero-order chi connectivity index (χ0) is 12.4. The van der Waals surface area contributed by atoms with Crippen molar-refractivity contribution in [3.05, 3.63) is 35.0 Å². The fraction of sp³-hybridized carbons (Fsp3) is 0.167. The van der Waals surface area contributed by atoms with Crippen molar-refractivity contribution >= 4 is 28.3 Å². The van der Waals surface area contributed by atoms with E-state index >= 15 is 0 Å². The highest BCUT2D eigenvalue weighted by atomic mass is 35.5. The number of fused-ring (bicyclic) bond motifs is 1. The Morgan fingerprint density at radius 2 is 2.18 bits per heavy atom. The maximum Gasteiger partial charge on any atom is 0.146 e. The van der Waals surface area contributed by atoms with Gasteiger partial charge in [-0.3, -0.25) is 5.41 Å². The van der Waals surface area contributed by atoms with Crippen molar-refractivity contribution in [3.8, 4) is 5.75 Å². The molecule has 0 spiro atoms. The van der Waals surface area contributed by atoms with E-state index in [0.29, 0.717) is 16.3 Å². The predicted molar refractivity (Wildman–Crippen MR) is 68.9 cm³/mol. The summed E-state index contributed by atoms with van der Waals surface area (Å²) in [6.07, 6.45) is 0. The molecule has 0 atom stereocenters. The van der Waals surface area contributed by atoms with E-state index in [4.69, 9.17) is 27.5 Å². The molecule has 0 saturated carbocycles. The largest absolute Gasteiger partial charge is 0.483 e. The lowest BCUT2D eigenvalue weighted by molar-refractivity contribution is 0.378. The quantitative estimate of drug-likeness (QED) is 0.649. The number of pyridine rings is 1. The van der Waals surface area contributed by atoms with Crippen molar-refractivity contribution in [1.29, 1.82) is 5.41 Å². The smallest absolute Gasteiger partial charge is 0.146 e. The number of halogens is 1. The average molecular weight is 250 g/mol. The zero-order valence-corrected chi connectivity index (χ0v) is 10.1. The summed E-state index contributed by atoms with van der Waals surface area (Å²) >= 11 is 6.08. The summed E-state index contributed by atoms with van der Waals surface area (Å²) in [5.74, 6) is 0.559. The number of hydrogen-bond donors (Lipinski definition) is 2. The number of nitrogens with zero attached hydrogens (tertiary/aromatic N) is 1. The molecule has 0 aliphatic heterocycles. The second-order valence-electron chi connectivity index (χ2n) is 3.71. The van der Waals surface area contributed by atoms with Gasteiger partial charge in [-0.1, -0.05) is 11.6 Å². The van der Waals surface area contributed by atoms with E-state index in [1.807, 2.05) is 19.1 Å². The van der Waals surface area contributed by atoms with Crippen molar-refractivity contribution in [1.82, 2.24) is 4.98 Å². The van der Waals surface area contributed by atoms with Gasteiger partial charge in [0, 0.05) is 11.1 Å². The van der Waals surface area contributed by atoms with Gasteiger partial charge in [0.25, 0.3) is 0 Å². The first-order valence-electron chi connectivity index (χ1n) is 5.09. The molecule has 0 bridgehead atoms. The monoisotopic (exact) mass is 249 g/mol. The number of aromatic nitrogens is 1. The van der Waals surface area contributed by atoms with Crippen LogP contribution in [0.3, 0.4) is 0 Å². The van der Waals surface area contributed by atoms with Gasteiger partial charge in [0.1, 0.15) is 23.7 Å². The van der Waals surface area contributed by atoms with Gasteiger partial charge in [-0.2, -0.15) is 0 Å². The molecule has 1 aromatic carbocycles. The van der Waals surface area contributed by atoms with Crippen molar-refractivity contribution in [2.24, 2.45) is 5.73 Å². The van der Waals surface area contributed by atoms with Crippen LogP contribution in [0.4, 0.5) is 0 Å². The molecule has 0 radical (unpaired) electrons. The van der Waals surface area contributed by atoms with Crippen molar-refractivity contribution in [2.45, 2.75) is 6.92 Å². The summed E-state index contributed by atoms with van der Waals surface area (Å²) in [7, 11) is 0. The first kappa shape index (κ1) is 11.7. The minimum Gasteiger partial charge on any atom is -0.483 e. The zero-order valence-electron chi connectivity index (χ0n) is 9.33. The van der Waals surface area contributed by atoms with Gasteiger partial charge in [-0.15, -0.1) is 0 Å². The Morgan fingerprint density at radius 1 is 1.41 bits per heavy atom. The van der Waals surface area contributed by atoms with Crippen LogP contribution in [0, 0.1) is 12.3 Å². The van der Waals surface area contributed by atoms with Crippen LogP contribution in [0.25, 0.3) is 10.9 Å².